The molecule has 0 bridgehead atoms. The third kappa shape index (κ3) is 23.0. The van der Waals surface area contributed by atoms with Crippen molar-refractivity contribution in [1.29, 1.82) is 0 Å². The molecule has 0 aliphatic rings. The average Bonchev–Trinajstić information content (AvgIpc) is 2.81. The highest BCUT2D eigenvalue weighted by Crippen LogP contribution is 2.21. The molecule has 1 N–H and O–H groups in total. The van der Waals surface area contributed by atoms with Crippen LogP contribution in [0.2, 0.25) is 0 Å². The first-order valence-corrected chi connectivity index (χ1v) is 15.0. The summed E-state index contributed by atoms with van der Waals surface area (Å²) in [5.74, 6) is 0.0360. The lowest BCUT2D eigenvalue weighted by Crippen LogP contribution is -2.26. The van der Waals surface area contributed by atoms with Crippen LogP contribution < -0.4 is 0 Å². The number of unbranched alkanes of at least 4 members (excludes halogenated alkanes) is 17. The van der Waals surface area contributed by atoms with Crippen LogP contribution in [-0.4, -0.2) is 23.8 Å². The van der Waals surface area contributed by atoms with Gasteiger partial charge in [0.2, 0.25) is 0 Å². The quantitative estimate of drug-likeness (QED) is 0.101. The number of hydrogen-bond donors (Lipinski definition) is 1. The van der Waals surface area contributed by atoms with Crippen LogP contribution in [0, 0.1) is 5.92 Å². The summed E-state index contributed by atoms with van der Waals surface area (Å²) in [6, 6.07) is 0. The predicted molar refractivity (Wildman–Crippen MR) is 144 cm³/mol. The molecule has 0 heterocycles. The minimum atomic E-state index is -0.331. The molecule has 3 nitrogen and oxygen atoms in total. The van der Waals surface area contributed by atoms with E-state index in [0.717, 1.165) is 38.5 Å². The fourth-order valence-electron chi connectivity index (χ4n) is 4.62. The van der Waals surface area contributed by atoms with E-state index in [1.165, 1.54) is 103 Å². The van der Waals surface area contributed by atoms with Crippen LogP contribution in [0.15, 0.2) is 0 Å². The summed E-state index contributed by atoms with van der Waals surface area (Å²) >= 11 is 0. The minimum Gasteiger partial charge on any atom is -0.465 e. The molecule has 3 heteroatoms. The van der Waals surface area contributed by atoms with E-state index in [1.54, 1.807) is 0 Å². The van der Waals surface area contributed by atoms with Crippen LogP contribution in [-0.2, 0) is 9.53 Å². The molecular weight excluding hydrogens is 408 g/mol. The third-order valence-corrected chi connectivity index (χ3v) is 7.02. The Morgan fingerprint density at radius 1 is 0.576 bits per heavy atom. The fourth-order valence-corrected chi connectivity index (χ4v) is 4.62. The molecule has 0 aromatic rings. The molecule has 0 rings (SSSR count). The van der Waals surface area contributed by atoms with Crippen molar-refractivity contribution in [3.63, 3.8) is 0 Å². The fraction of sp³-hybridized carbons (Fsp3) is 0.967. The Morgan fingerprint density at radius 3 is 1.45 bits per heavy atom. The molecule has 0 spiro atoms. The Balaban J connectivity index is 4.16. The van der Waals surface area contributed by atoms with Gasteiger partial charge in [-0.25, -0.2) is 0 Å². The number of aliphatic hydroxyl groups is 1. The maximum absolute atomic E-state index is 12.2. The van der Waals surface area contributed by atoms with Crippen LogP contribution in [0.4, 0.5) is 0 Å². The molecule has 0 aliphatic heterocycles. The van der Waals surface area contributed by atoms with E-state index < -0.39 is 0 Å². The molecule has 0 amide bonds. The van der Waals surface area contributed by atoms with Gasteiger partial charge in [0, 0.05) is 12.3 Å². The maximum atomic E-state index is 12.2. The standard InChI is InChI=1S/C30H60O3/c1-4-7-10-13-16-19-22-25-29(31)28(24-21-18-15-12-9-6-3)27-33-30(32)26-23-20-17-14-11-8-5-2/h28-29,31H,4-27H2,1-3H3. The Bertz CT molecular complexity index is 396. The van der Waals surface area contributed by atoms with Crippen LogP contribution in [0.3, 0.4) is 0 Å². The zero-order valence-corrected chi connectivity index (χ0v) is 22.9. The number of ether oxygens (including phenoxy) is 1. The molecule has 2 atom stereocenters. The van der Waals surface area contributed by atoms with Crippen LogP contribution in [0.1, 0.15) is 168 Å². The number of rotatable bonds is 26. The second-order valence-electron chi connectivity index (χ2n) is 10.3. The number of carbonyl (C=O) groups excluding carboxylic acids is 1. The summed E-state index contributed by atoms with van der Waals surface area (Å²) in [4.78, 5) is 12.2. The van der Waals surface area contributed by atoms with Gasteiger partial charge in [-0.05, 0) is 19.3 Å². The zero-order chi connectivity index (χ0) is 24.4. The lowest BCUT2D eigenvalue weighted by atomic mass is 9.92. The van der Waals surface area contributed by atoms with Crippen molar-refractivity contribution in [2.45, 2.75) is 175 Å². The van der Waals surface area contributed by atoms with E-state index >= 15 is 0 Å². The predicted octanol–water partition coefficient (Wildman–Crippen LogP) is 9.54. The molecule has 198 valence electrons. The van der Waals surface area contributed by atoms with Crippen LogP contribution in [0.25, 0.3) is 0 Å². The summed E-state index contributed by atoms with van der Waals surface area (Å²) in [6.07, 6.45) is 27.0. The highest BCUT2D eigenvalue weighted by atomic mass is 16.5. The first kappa shape index (κ1) is 32.4. The molecule has 0 aromatic carbocycles. The molecule has 0 aromatic heterocycles. The first-order valence-electron chi connectivity index (χ1n) is 15.0. The third-order valence-electron chi connectivity index (χ3n) is 7.02. The lowest BCUT2D eigenvalue weighted by molar-refractivity contribution is -0.146. The van der Waals surface area contributed by atoms with Gasteiger partial charge in [0.1, 0.15) is 0 Å². The van der Waals surface area contributed by atoms with Crippen molar-refractivity contribution < 1.29 is 14.6 Å². The lowest BCUT2D eigenvalue weighted by Gasteiger charge is -2.23. The first-order chi connectivity index (χ1) is 16.2. The van der Waals surface area contributed by atoms with E-state index in [0.29, 0.717) is 13.0 Å². The van der Waals surface area contributed by atoms with Crippen molar-refractivity contribution in [2.75, 3.05) is 6.61 Å². The molecule has 0 aliphatic carbocycles. The second kappa shape index (κ2) is 26.0. The van der Waals surface area contributed by atoms with Gasteiger partial charge in [0.05, 0.1) is 12.7 Å². The average molecular weight is 469 g/mol. The van der Waals surface area contributed by atoms with Gasteiger partial charge in [-0.2, -0.15) is 0 Å². The largest absolute Gasteiger partial charge is 0.465 e. The van der Waals surface area contributed by atoms with Crippen molar-refractivity contribution in [3.8, 4) is 0 Å². The van der Waals surface area contributed by atoms with Crippen LogP contribution in [0.5, 0.6) is 0 Å². The molecule has 0 radical (unpaired) electrons. The number of esters is 1. The summed E-state index contributed by atoms with van der Waals surface area (Å²) < 4.78 is 5.64. The summed E-state index contributed by atoms with van der Waals surface area (Å²) in [6.45, 7) is 7.14. The van der Waals surface area contributed by atoms with Crippen molar-refractivity contribution in [1.82, 2.24) is 0 Å². The van der Waals surface area contributed by atoms with Crippen molar-refractivity contribution in [3.05, 3.63) is 0 Å². The normalized spacial score (nSPS) is 13.2. The van der Waals surface area contributed by atoms with Gasteiger partial charge in [-0.15, -0.1) is 0 Å². The van der Waals surface area contributed by atoms with Gasteiger partial charge in [0.15, 0.2) is 0 Å². The van der Waals surface area contributed by atoms with E-state index in [1.807, 2.05) is 0 Å². The Morgan fingerprint density at radius 2 is 0.970 bits per heavy atom. The Kier molecular flexibility index (Phi) is 25.6. The number of carbonyl (C=O) groups is 1. The van der Waals surface area contributed by atoms with Crippen LogP contribution >= 0.6 is 0 Å². The van der Waals surface area contributed by atoms with E-state index in [2.05, 4.69) is 20.8 Å². The van der Waals surface area contributed by atoms with E-state index in [4.69, 9.17) is 4.74 Å². The summed E-state index contributed by atoms with van der Waals surface area (Å²) in [7, 11) is 0. The maximum Gasteiger partial charge on any atom is 0.305 e. The van der Waals surface area contributed by atoms with Crippen molar-refractivity contribution in [2.24, 2.45) is 5.92 Å². The van der Waals surface area contributed by atoms with Crippen molar-refractivity contribution >= 4 is 5.97 Å². The number of aliphatic hydroxyl groups excluding tert-OH is 1. The molecule has 0 saturated carbocycles. The SMILES string of the molecule is CCCCCCCCCC(=O)OCC(CCCCCCCC)C(O)CCCCCCCCC. The molecule has 0 saturated heterocycles. The van der Waals surface area contributed by atoms with E-state index in [9.17, 15) is 9.90 Å². The Hall–Kier alpha value is -0.570. The monoisotopic (exact) mass is 468 g/mol. The van der Waals surface area contributed by atoms with Gasteiger partial charge in [-0.3, -0.25) is 4.79 Å². The minimum absolute atomic E-state index is 0.0698. The van der Waals surface area contributed by atoms with Gasteiger partial charge in [0.25, 0.3) is 0 Å². The van der Waals surface area contributed by atoms with Gasteiger partial charge >= 0.3 is 5.97 Å². The zero-order valence-electron chi connectivity index (χ0n) is 22.9. The Labute approximate surface area is 207 Å². The highest BCUT2D eigenvalue weighted by molar-refractivity contribution is 5.69. The smallest absolute Gasteiger partial charge is 0.305 e. The topological polar surface area (TPSA) is 46.5 Å². The second-order valence-corrected chi connectivity index (χ2v) is 10.3. The summed E-state index contributed by atoms with van der Waals surface area (Å²) in [5.41, 5.74) is 0. The molecular formula is C30H60O3. The molecule has 33 heavy (non-hydrogen) atoms. The molecule has 2 unspecified atom stereocenters. The number of hydrogen-bond acceptors (Lipinski definition) is 3. The van der Waals surface area contributed by atoms with Gasteiger partial charge in [-0.1, -0.05) is 143 Å². The van der Waals surface area contributed by atoms with E-state index in [-0.39, 0.29) is 18.0 Å². The highest BCUT2D eigenvalue weighted by Gasteiger charge is 2.20. The summed E-state index contributed by atoms with van der Waals surface area (Å²) in [5, 5.41) is 10.8. The van der Waals surface area contributed by atoms with Gasteiger partial charge < -0.3 is 9.84 Å². The molecule has 0 fully saturated rings.